The summed E-state index contributed by atoms with van der Waals surface area (Å²) in [6, 6.07) is 9.38. The van der Waals surface area contributed by atoms with Gasteiger partial charge in [0.1, 0.15) is 0 Å². The van der Waals surface area contributed by atoms with Gasteiger partial charge in [-0.15, -0.1) is 0 Å². The molecule has 2 saturated heterocycles. The van der Waals surface area contributed by atoms with E-state index in [0.29, 0.717) is 0 Å². The number of anilines is 1. The van der Waals surface area contributed by atoms with Gasteiger partial charge in [0.15, 0.2) is 0 Å². The van der Waals surface area contributed by atoms with Crippen LogP contribution < -0.4 is 10.2 Å². The van der Waals surface area contributed by atoms with Crippen LogP contribution in [0.15, 0.2) is 24.3 Å². The molecule has 1 aromatic rings. The van der Waals surface area contributed by atoms with E-state index in [0.717, 1.165) is 5.92 Å². The van der Waals surface area contributed by atoms with E-state index >= 15 is 0 Å². The molecule has 2 nitrogen and oxygen atoms in total. The van der Waals surface area contributed by atoms with Crippen LogP contribution in [0.1, 0.15) is 37.7 Å². The van der Waals surface area contributed by atoms with E-state index < -0.39 is 0 Å². The molecule has 0 unspecified atom stereocenters. The molecule has 2 aliphatic rings. The summed E-state index contributed by atoms with van der Waals surface area (Å²) in [6.45, 7) is 4.90. The fourth-order valence-electron chi connectivity index (χ4n) is 3.41. The number of nitrogens with zero attached hydrogens (tertiary/aromatic N) is 1. The molecule has 19 heavy (non-hydrogen) atoms. The van der Waals surface area contributed by atoms with Gasteiger partial charge in [-0.2, -0.15) is 0 Å². The standard InChI is InChI=1S/C17H26N2/c1-2-12-19(13-3-1)17-6-4-15(5-7-17)14-16-8-10-18-11-9-16/h4-7,16,18H,1-3,8-14H2. The highest BCUT2D eigenvalue weighted by atomic mass is 15.1. The Kier molecular flexibility index (Phi) is 4.39. The Morgan fingerprint density at radius 3 is 2.32 bits per heavy atom. The molecule has 1 N–H and O–H groups in total. The van der Waals surface area contributed by atoms with Gasteiger partial charge >= 0.3 is 0 Å². The van der Waals surface area contributed by atoms with E-state index in [1.54, 1.807) is 0 Å². The third-order valence-corrected chi connectivity index (χ3v) is 4.64. The van der Waals surface area contributed by atoms with E-state index in [1.807, 2.05) is 0 Å². The molecule has 104 valence electrons. The minimum Gasteiger partial charge on any atom is -0.372 e. The maximum absolute atomic E-state index is 3.45. The first-order chi connectivity index (χ1) is 9.42. The maximum Gasteiger partial charge on any atom is 0.0366 e. The Morgan fingerprint density at radius 2 is 1.63 bits per heavy atom. The first kappa shape index (κ1) is 13.0. The zero-order chi connectivity index (χ0) is 12.9. The zero-order valence-corrected chi connectivity index (χ0v) is 11.9. The van der Waals surface area contributed by atoms with E-state index in [9.17, 15) is 0 Å². The van der Waals surface area contributed by atoms with Gasteiger partial charge in [0, 0.05) is 18.8 Å². The van der Waals surface area contributed by atoms with Crippen LogP contribution >= 0.6 is 0 Å². The van der Waals surface area contributed by atoms with Gasteiger partial charge in [-0.1, -0.05) is 12.1 Å². The van der Waals surface area contributed by atoms with E-state index in [2.05, 4.69) is 34.5 Å². The number of hydrogen-bond acceptors (Lipinski definition) is 2. The van der Waals surface area contributed by atoms with Crippen LogP contribution in [0.2, 0.25) is 0 Å². The second-order valence-corrected chi connectivity index (χ2v) is 6.11. The maximum atomic E-state index is 3.45. The van der Waals surface area contributed by atoms with Gasteiger partial charge in [0.05, 0.1) is 0 Å². The molecular formula is C17H26N2. The van der Waals surface area contributed by atoms with Crippen molar-refractivity contribution in [2.24, 2.45) is 5.92 Å². The summed E-state index contributed by atoms with van der Waals surface area (Å²) in [6.07, 6.45) is 8.07. The van der Waals surface area contributed by atoms with Gasteiger partial charge in [0.25, 0.3) is 0 Å². The Hall–Kier alpha value is -1.02. The van der Waals surface area contributed by atoms with Gasteiger partial charge in [0.2, 0.25) is 0 Å². The molecule has 2 fully saturated rings. The van der Waals surface area contributed by atoms with Crippen molar-refractivity contribution in [3.8, 4) is 0 Å². The Bertz CT molecular complexity index is 373. The van der Waals surface area contributed by atoms with Gasteiger partial charge < -0.3 is 10.2 Å². The van der Waals surface area contributed by atoms with Crippen molar-refractivity contribution in [3.63, 3.8) is 0 Å². The molecule has 0 aromatic heterocycles. The normalized spacial score (nSPS) is 21.6. The third kappa shape index (κ3) is 3.50. The summed E-state index contributed by atoms with van der Waals surface area (Å²) >= 11 is 0. The Morgan fingerprint density at radius 1 is 0.947 bits per heavy atom. The second kappa shape index (κ2) is 6.42. The minimum absolute atomic E-state index is 0.891. The van der Waals surface area contributed by atoms with Crippen molar-refractivity contribution in [3.05, 3.63) is 29.8 Å². The molecule has 0 spiro atoms. The van der Waals surface area contributed by atoms with Crippen LogP contribution in [-0.2, 0) is 6.42 Å². The summed E-state index contributed by atoms with van der Waals surface area (Å²) in [5, 5.41) is 3.45. The summed E-state index contributed by atoms with van der Waals surface area (Å²) in [5.74, 6) is 0.891. The zero-order valence-electron chi connectivity index (χ0n) is 11.9. The number of hydrogen-bond donors (Lipinski definition) is 1. The number of rotatable bonds is 3. The second-order valence-electron chi connectivity index (χ2n) is 6.11. The summed E-state index contributed by atoms with van der Waals surface area (Å²) in [5.41, 5.74) is 2.95. The Labute approximate surface area is 117 Å². The van der Waals surface area contributed by atoms with Gasteiger partial charge in [-0.3, -0.25) is 0 Å². The Balaban J connectivity index is 1.58. The lowest BCUT2D eigenvalue weighted by atomic mass is 9.91. The van der Waals surface area contributed by atoms with E-state index in [4.69, 9.17) is 0 Å². The van der Waals surface area contributed by atoms with Crippen molar-refractivity contribution in [1.82, 2.24) is 5.32 Å². The fourth-order valence-corrected chi connectivity index (χ4v) is 3.41. The molecule has 3 rings (SSSR count). The highest BCUT2D eigenvalue weighted by Crippen LogP contribution is 2.23. The summed E-state index contributed by atoms with van der Waals surface area (Å²) in [4.78, 5) is 2.54. The number of piperidine rings is 2. The molecule has 0 bridgehead atoms. The number of nitrogens with one attached hydrogen (secondary N) is 1. The molecule has 0 atom stereocenters. The molecule has 1 aromatic carbocycles. The van der Waals surface area contributed by atoms with Crippen molar-refractivity contribution in [2.75, 3.05) is 31.1 Å². The van der Waals surface area contributed by atoms with Crippen LogP contribution in [-0.4, -0.2) is 26.2 Å². The van der Waals surface area contributed by atoms with Crippen LogP contribution in [0.5, 0.6) is 0 Å². The molecule has 0 amide bonds. The minimum atomic E-state index is 0.891. The smallest absolute Gasteiger partial charge is 0.0366 e. The van der Waals surface area contributed by atoms with Gasteiger partial charge in [-0.25, -0.2) is 0 Å². The molecule has 0 saturated carbocycles. The van der Waals surface area contributed by atoms with E-state index in [1.165, 1.54) is 76.0 Å². The largest absolute Gasteiger partial charge is 0.372 e. The summed E-state index contributed by atoms with van der Waals surface area (Å²) in [7, 11) is 0. The molecule has 2 aliphatic heterocycles. The van der Waals surface area contributed by atoms with Crippen molar-refractivity contribution in [2.45, 2.75) is 38.5 Å². The quantitative estimate of drug-likeness (QED) is 0.895. The lowest BCUT2D eigenvalue weighted by Gasteiger charge is -2.29. The van der Waals surface area contributed by atoms with Crippen LogP contribution in [0.4, 0.5) is 5.69 Å². The average molecular weight is 258 g/mol. The van der Waals surface area contributed by atoms with Crippen LogP contribution in [0, 0.1) is 5.92 Å². The molecule has 2 heteroatoms. The predicted octanol–water partition coefficient (Wildman–Crippen LogP) is 3.22. The highest BCUT2D eigenvalue weighted by Gasteiger charge is 2.14. The first-order valence-corrected chi connectivity index (χ1v) is 7.96. The third-order valence-electron chi connectivity index (χ3n) is 4.64. The van der Waals surface area contributed by atoms with Crippen molar-refractivity contribution < 1.29 is 0 Å². The van der Waals surface area contributed by atoms with Crippen molar-refractivity contribution in [1.29, 1.82) is 0 Å². The van der Waals surface area contributed by atoms with Crippen LogP contribution in [0.25, 0.3) is 0 Å². The highest BCUT2D eigenvalue weighted by molar-refractivity contribution is 5.47. The van der Waals surface area contributed by atoms with Crippen molar-refractivity contribution >= 4 is 5.69 Å². The predicted molar refractivity (Wildman–Crippen MR) is 81.8 cm³/mol. The van der Waals surface area contributed by atoms with Crippen LogP contribution in [0.3, 0.4) is 0 Å². The van der Waals surface area contributed by atoms with Gasteiger partial charge in [-0.05, 0) is 75.2 Å². The molecule has 0 radical (unpaired) electrons. The topological polar surface area (TPSA) is 15.3 Å². The fraction of sp³-hybridized carbons (Fsp3) is 0.647. The SMILES string of the molecule is c1cc(N2CCCCC2)ccc1CC1CCNCC1. The average Bonchev–Trinajstić information content (AvgIpc) is 2.50. The molecular weight excluding hydrogens is 232 g/mol. The molecule has 2 heterocycles. The summed E-state index contributed by atoms with van der Waals surface area (Å²) < 4.78 is 0. The molecule has 0 aliphatic carbocycles. The lowest BCUT2D eigenvalue weighted by molar-refractivity contribution is 0.372. The monoisotopic (exact) mass is 258 g/mol. The number of benzene rings is 1. The first-order valence-electron chi connectivity index (χ1n) is 7.96. The van der Waals surface area contributed by atoms with E-state index in [-0.39, 0.29) is 0 Å². The lowest BCUT2D eigenvalue weighted by Crippen LogP contribution is -2.29.